The molecule has 2 N–H and O–H groups in total. The van der Waals surface area contributed by atoms with Gasteiger partial charge in [0.05, 0.1) is 0 Å². The second-order valence-electron chi connectivity index (χ2n) is 3.99. The number of halogens is 1. The molecule has 3 rings (SSSR count). The average molecular weight is 255 g/mol. The van der Waals surface area contributed by atoms with Crippen LogP contribution in [0, 0.1) is 5.82 Å². The number of nitrogens with zero attached hydrogens (tertiary/aromatic N) is 4. The Balaban J connectivity index is 2.15. The molecule has 0 spiro atoms. The third-order valence-corrected chi connectivity index (χ3v) is 2.70. The third kappa shape index (κ3) is 2.03. The van der Waals surface area contributed by atoms with Gasteiger partial charge in [-0.3, -0.25) is 0 Å². The highest BCUT2D eigenvalue weighted by Crippen LogP contribution is 2.21. The molecule has 5 nitrogen and oxygen atoms in total. The van der Waals surface area contributed by atoms with Crippen molar-refractivity contribution >= 4 is 5.69 Å². The van der Waals surface area contributed by atoms with Crippen LogP contribution in [0.3, 0.4) is 0 Å². The van der Waals surface area contributed by atoms with Crippen LogP contribution in [0.5, 0.6) is 0 Å². The Hall–Kier alpha value is -2.76. The summed E-state index contributed by atoms with van der Waals surface area (Å²) in [6.45, 7) is 0. The minimum absolute atomic E-state index is 0.262. The second kappa shape index (κ2) is 4.49. The van der Waals surface area contributed by atoms with Crippen molar-refractivity contribution in [3.8, 4) is 17.1 Å². The highest BCUT2D eigenvalue weighted by molar-refractivity contribution is 5.58. The Labute approximate surface area is 108 Å². The van der Waals surface area contributed by atoms with Crippen LogP contribution in [0.4, 0.5) is 10.1 Å². The maximum Gasteiger partial charge on any atom is 0.187 e. The molecular weight excluding hydrogens is 245 g/mol. The number of hydrogen-bond acceptors (Lipinski definition) is 4. The quantitative estimate of drug-likeness (QED) is 0.711. The predicted octanol–water partition coefficient (Wildman–Crippen LogP) is 2.05. The molecule has 94 valence electrons. The minimum atomic E-state index is -0.468. The largest absolute Gasteiger partial charge is 0.399 e. The maximum absolute atomic E-state index is 13.9. The van der Waals surface area contributed by atoms with E-state index in [1.807, 2.05) is 30.3 Å². The lowest BCUT2D eigenvalue weighted by atomic mass is 10.2. The van der Waals surface area contributed by atoms with Crippen molar-refractivity contribution in [3.63, 3.8) is 0 Å². The first-order valence-electron chi connectivity index (χ1n) is 5.65. The lowest BCUT2D eigenvalue weighted by Gasteiger charge is -2.06. The topological polar surface area (TPSA) is 69.6 Å². The number of tetrazole rings is 1. The van der Waals surface area contributed by atoms with Gasteiger partial charge < -0.3 is 5.73 Å². The Bertz CT molecular complexity index is 708. The van der Waals surface area contributed by atoms with Gasteiger partial charge >= 0.3 is 0 Å². The molecule has 1 aromatic heterocycles. The molecule has 19 heavy (non-hydrogen) atoms. The van der Waals surface area contributed by atoms with E-state index in [-0.39, 0.29) is 5.69 Å². The highest BCUT2D eigenvalue weighted by Gasteiger charge is 2.13. The van der Waals surface area contributed by atoms with Gasteiger partial charge in [-0.05, 0) is 28.6 Å². The molecule has 0 radical (unpaired) electrons. The van der Waals surface area contributed by atoms with E-state index in [9.17, 15) is 4.39 Å². The first kappa shape index (κ1) is 11.3. The zero-order valence-electron chi connectivity index (χ0n) is 9.86. The molecule has 1 heterocycles. The Morgan fingerprint density at radius 1 is 1.05 bits per heavy atom. The Morgan fingerprint density at radius 2 is 1.84 bits per heavy atom. The molecule has 0 atom stereocenters. The lowest BCUT2D eigenvalue weighted by molar-refractivity contribution is 0.608. The van der Waals surface area contributed by atoms with Crippen LogP contribution in [-0.4, -0.2) is 20.2 Å². The average Bonchev–Trinajstić information content (AvgIpc) is 2.89. The fraction of sp³-hybridized carbons (Fsp3) is 0. The summed E-state index contributed by atoms with van der Waals surface area (Å²) in [5.41, 5.74) is 6.96. The molecule has 0 fully saturated rings. The zero-order valence-corrected chi connectivity index (χ0v) is 9.86. The summed E-state index contributed by atoms with van der Waals surface area (Å²) < 4.78 is 15.3. The number of benzene rings is 2. The fourth-order valence-electron chi connectivity index (χ4n) is 1.81. The molecule has 0 aliphatic heterocycles. The summed E-state index contributed by atoms with van der Waals surface area (Å²) in [5.74, 6) is 0.00810. The number of aromatic nitrogens is 4. The number of anilines is 1. The van der Waals surface area contributed by atoms with Crippen molar-refractivity contribution in [1.82, 2.24) is 20.2 Å². The Morgan fingerprint density at radius 3 is 2.58 bits per heavy atom. The predicted molar refractivity (Wildman–Crippen MR) is 69.0 cm³/mol. The van der Waals surface area contributed by atoms with Gasteiger partial charge in [0.1, 0.15) is 5.69 Å². The molecule has 2 aromatic carbocycles. The second-order valence-corrected chi connectivity index (χ2v) is 3.99. The van der Waals surface area contributed by atoms with Crippen LogP contribution in [-0.2, 0) is 0 Å². The summed E-state index contributed by atoms with van der Waals surface area (Å²) in [4.78, 5) is 0. The molecule has 0 amide bonds. The molecule has 0 bridgehead atoms. The van der Waals surface area contributed by atoms with Gasteiger partial charge in [-0.2, -0.15) is 4.68 Å². The molecule has 0 aliphatic rings. The third-order valence-electron chi connectivity index (χ3n) is 2.70. The summed E-state index contributed by atoms with van der Waals surface area (Å²) in [6, 6.07) is 13.7. The maximum atomic E-state index is 13.9. The monoisotopic (exact) mass is 255 g/mol. The summed E-state index contributed by atoms with van der Waals surface area (Å²) in [5, 5.41) is 11.4. The SMILES string of the molecule is Nc1ccc(-n2nnnc2-c2ccccc2)c(F)c1. The number of nitrogens with two attached hydrogens (primary N) is 1. The molecular formula is C13H10FN5. The van der Waals surface area contributed by atoms with Gasteiger partial charge in [-0.1, -0.05) is 30.3 Å². The van der Waals surface area contributed by atoms with E-state index in [1.165, 1.54) is 10.7 Å². The van der Waals surface area contributed by atoms with E-state index in [4.69, 9.17) is 5.73 Å². The van der Waals surface area contributed by atoms with Crippen LogP contribution in [0.2, 0.25) is 0 Å². The van der Waals surface area contributed by atoms with Crippen LogP contribution < -0.4 is 5.73 Å². The zero-order chi connectivity index (χ0) is 13.2. The van der Waals surface area contributed by atoms with Gasteiger partial charge in [-0.25, -0.2) is 4.39 Å². The van der Waals surface area contributed by atoms with Crippen LogP contribution in [0.15, 0.2) is 48.5 Å². The van der Waals surface area contributed by atoms with Crippen molar-refractivity contribution in [2.24, 2.45) is 0 Å². The number of hydrogen-bond donors (Lipinski definition) is 1. The van der Waals surface area contributed by atoms with Gasteiger partial charge in [0, 0.05) is 11.3 Å². The van der Waals surface area contributed by atoms with Crippen molar-refractivity contribution in [2.75, 3.05) is 5.73 Å². The van der Waals surface area contributed by atoms with E-state index in [1.54, 1.807) is 12.1 Å². The van der Waals surface area contributed by atoms with Crippen molar-refractivity contribution < 1.29 is 4.39 Å². The fourth-order valence-corrected chi connectivity index (χ4v) is 1.81. The normalized spacial score (nSPS) is 10.6. The number of rotatable bonds is 2. The van der Waals surface area contributed by atoms with Gasteiger partial charge in [0.2, 0.25) is 0 Å². The van der Waals surface area contributed by atoms with Gasteiger partial charge in [0.25, 0.3) is 0 Å². The molecule has 0 aliphatic carbocycles. The summed E-state index contributed by atoms with van der Waals surface area (Å²) in [7, 11) is 0. The van der Waals surface area contributed by atoms with Crippen LogP contribution in [0.25, 0.3) is 17.1 Å². The van der Waals surface area contributed by atoms with Crippen LogP contribution in [0.1, 0.15) is 0 Å². The molecule has 6 heteroatoms. The number of nitrogen functional groups attached to an aromatic ring is 1. The lowest BCUT2D eigenvalue weighted by Crippen LogP contribution is -2.03. The van der Waals surface area contributed by atoms with E-state index in [0.717, 1.165) is 5.56 Å². The van der Waals surface area contributed by atoms with Crippen molar-refractivity contribution in [2.45, 2.75) is 0 Å². The molecule has 0 saturated carbocycles. The van der Waals surface area contributed by atoms with E-state index >= 15 is 0 Å². The van der Waals surface area contributed by atoms with Gasteiger partial charge in [0.15, 0.2) is 11.6 Å². The standard InChI is InChI=1S/C13H10FN5/c14-11-8-10(15)6-7-12(11)19-13(16-17-18-19)9-4-2-1-3-5-9/h1-8H,15H2. The van der Waals surface area contributed by atoms with E-state index < -0.39 is 5.82 Å². The first-order chi connectivity index (χ1) is 9.25. The Kier molecular flexibility index (Phi) is 2.68. The minimum Gasteiger partial charge on any atom is -0.399 e. The highest BCUT2D eigenvalue weighted by atomic mass is 19.1. The van der Waals surface area contributed by atoms with E-state index in [0.29, 0.717) is 11.5 Å². The molecule has 0 saturated heterocycles. The van der Waals surface area contributed by atoms with Gasteiger partial charge in [-0.15, -0.1) is 5.10 Å². The van der Waals surface area contributed by atoms with E-state index in [2.05, 4.69) is 15.5 Å². The first-order valence-corrected chi connectivity index (χ1v) is 5.65. The van der Waals surface area contributed by atoms with Crippen molar-refractivity contribution in [1.29, 1.82) is 0 Å². The summed E-state index contributed by atoms with van der Waals surface area (Å²) >= 11 is 0. The smallest absolute Gasteiger partial charge is 0.187 e. The molecule has 3 aromatic rings. The van der Waals surface area contributed by atoms with Crippen molar-refractivity contribution in [3.05, 3.63) is 54.3 Å². The van der Waals surface area contributed by atoms with Crippen LogP contribution >= 0.6 is 0 Å². The molecule has 0 unspecified atom stereocenters. The summed E-state index contributed by atoms with van der Waals surface area (Å²) in [6.07, 6.45) is 0.